The first-order valence-corrected chi connectivity index (χ1v) is 12.3. The van der Waals surface area contributed by atoms with Crippen molar-refractivity contribution in [3.63, 3.8) is 0 Å². The van der Waals surface area contributed by atoms with Gasteiger partial charge in [-0.15, -0.1) is 0 Å². The lowest BCUT2D eigenvalue weighted by molar-refractivity contribution is 0.446. The van der Waals surface area contributed by atoms with Gasteiger partial charge in [0.05, 0.1) is 11.4 Å². The molecule has 0 N–H and O–H groups in total. The molecular weight excluding hydrogens is 452 g/mol. The van der Waals surface area contributed by atoms with Crippen molar-refractivity contribution in [2.45, 2.75) is 0 Å². The summed E-state index contributed by atoms with van der Waals surface area (Å²) in [5, 5.41) is 0. The van der Waals surface area contributed by atoms with Crippen LogP contribution >= 0.6 is 0 Å². The van der Waals surface area contributed by atoms with Gasteiger partial charge in [-0.2, -0.15) is 0 Å². The molecule has 0 aliphatic carbocycles. The summed E-state index contributed by atoms with van der Waals surface area (Å²) in [6.07, 6.45) is 0. The number of hydrogen-bond donors (Lipinski definition) is 0. The van der Waals surface area contributed by atoms with Gasteiger partial charge in [0.2, 0.25) is 11.8 Å². The average Bonchev–Trinajstić information content (AvgIpc) is 2.99. The van der Waals surface area contributed by atoms with Crippen molar-refractivity contribution in [2.24, 2.45) is 0 Å². The third-order valence-electron chi connectivity index (χ3n) is 6.18. The largest absolute Gasteiger partial charge is 0.421 e. The predicted molar refractivity (Wildman–Crippen MR) is 150 cm³/mol. The van der Waals surface area contributed by atoms with Crippen molar-refractivity contribution >= 4 is 0 Å². The highest BCUT2D eigenvalue weighted by Crippen LogP contribution is 2.31. The van der Waals surface area contributed by atoms with Crippen molar-refractivity contribution in [2.75, 3.05) is 0 Å². The lowest BCUT2D eigenvalue weighted by Gasteiger charge is -2.11. The summed E-state index contributed by atoms with van der Waals surface area (Å²) in [5.74, 6) is 1.00. The van der Waals surface area contributed by atoms with Crippen LogP contribution in [0.3, 0.4) is 0 Å². The molecule has 0 fully saturated rings. The van der Waals surface area contributed by atoms with Gasteiger partial charge in [-0.25, -0.2) is 9.97 Å². The average molecular weight is 477 g/mol. The molecule has 176 valence electrons. The minimum Gasteiger partial charge on any atom is -0.421 e. The smallest absolute Gasteiger partial charge is 0.222 e. The number of pyridine rings is 2. The maximum atomic E-state index is 6.26. The van der Waals surface area contributed by atoms with Gasteiger partial charge in [0, 0.05) is 23.3 Å². The SMILES string of the molecule is c1ccc(-c2cccc(-c3cccc(Oc4cc(-c5ccccc5)cc(-c5ccccc5)n4)n3)c2)cc1. The molecule has 0 unspecified atom stereocenters. The molecule has 3 heteroatoms. The van der Waals surface area contributed by atoms with E-state index in [1.54, 1.807) is 0 Å². The van der Waals surface area contributed by atoms with Crippen molar-refractivity contribution in [3.8, 4) is 56.5 Å². The van der Waals surface area contributed by atoms with Crippen LogP contribution in [0.5, 0.6) is 11.8 Å². The second-order valence-corrected chi connectivity index (χ2v) is 8.72. The lowest BCUT2D eigenvalue weighted by atomic mass is 10.0. The maximum Gasteiger partial charge on any atom is 0.222 e. The molecule has 0 saturated heterocycles. The quantitative estimate of drug-likeness (QED) is 0.241. The van der Waals surface area contributed by atoms with E-state index in [1.807, 2.05) is 66.7 Å². The molecule has 37 heavy (non-hydrogen) atoms. The topological polar surface area (TPSA) is 35.0 Å². The number of aromatic nitrogens is 2. The molecule has 3 nitrogen and oxygen atoms in total. The van der Waals surface area contributed by atoms with Gasteiger partial charge < -0.3 is 4.74 Å². The number of nitrogens with zero attached hydrogens (tertiary/aromatic N) is 2. The van der Waals surface area contributed by atoms with Crippen LogP contribution in [-0.2, 0) is 0 Å². The maximum absolute atomic E-state index is 6.26. The van der Waals surface area contributed by atoms with Crippen LogP contribution in [0.25, 0.3) is 44.8 Å². The van der Waals surface area contributed by atoms with E-state index in [4.69, 9.17) is 14.7 Å². The summed E-state index contributed by atoms with van der Waals surface area (Å²) in [6.45, 7) is 0. The molecular formula is C34H24N2O. The van der Waals surface area contributed by atoms with E-state index in [0.29, 0.717) is 11.8 Å². The fourth-order valence-corrected chi connectivity index (χ4v) is 4.34. The Morgan fingerprint density at radius 2 is 0.865 bits per heavy atom. The molecule has 0 atom stereocenters. The Morgan fingerprint density at radius 3 is 1.57 bits per heavy atom. The highest BCUT2D eigenvalue weighted by atomic mass is 16.5. The molecule has 0 spiro atoms. The van der Waals surface area contributed by atoms with E-state index in [9.17, 15) is 0 Å². The Labute approximate surface area is 216 Å². The molecule has 2 heterocycles. The summed E-state index contributed by atoms with van der Waals surface area (Å²) in [7, 11) is 0. The van der Waals surface area contributed by atoms with E-state index >= 15 is 0 Å². The minimum absolute atomic E-state index is 0.499. The highest BCUT2D eigenvalue weighted by molar-refractivity contribution is 5.73. The van der Waals surface area contributed by atoms with E-state index < -0.39 is 0 Å². The van der Waals surface area contributed by atoms with Crippen LogP contribution < -0.4 is 4.74 Å². The van der Waals surface area contributed by atoms with E-state index in [1.165, 1.54) is 5.56 Å². The molecule has 0 saturated carbocycles. The van der Waals surface area contributed by atoms with Gasteiger partial charge in [0.1, 0.15) is 0 Å². The first kappa shape index (κ1) is 22.4. The second kappa shape index (κ2) is 10.3. The zero-order valence-electron chi connectivity index (χ0n) is 20.2. The van der Waals surface area contributed by atoms with E-state index in [2.05, 4.69) is 78.9 Å². The molecule has 0 bridgehead atoms. The zero-order valence-corrected chi connectivity index (χ0v) is 20.2. The fourth-order valence-electron chi connectivity index (χ4n) is 4.34. The number of hydrogen-bond acceptors (Lipinski definition) is 3. The highest BCUT2D eigenvalue weighted by Gasteiger charge is 2.10. The van der Waals surface area contributed by atoms with Crippen molar-refractivity contribution in [1.82, 2.24) is 9.97 Å². The van der Waals surface area contributed by atoms with Crippen LogP contribution in [0.2, 0.25) is 0 Å². The summed E-state index contributed by atoms with van der Waals surface area (Å²) in [6, 6.07) is 49.1. The van der Waals surface area contributed by atoms with E-state index in [0.717, 1.165) is 39.2 Å². The first-order valence-electron chi connectivity index (χ1n) is 12.3. The van der Waals surface area contributed by atoms with Crippen molar-refractivity contribution in [3.05, 3.63) is 146 Å². The van der Waals surface area contributed by atoms with Gasteiger partial charge in [0.15, 0.2) is 0 Å². The van der Waals surface area contributed by atoms with Crippen LogP contribution in [0.4, 0.5) is 0 Å². The zero-order chi connectivity index (χ0) is 24.9. The molecule has 6 aromatic rings. The Hall–Kier alpha value is -5.02. The summed E-state index contributed by atoms with van der Waals surface area (Å²) in [4.78, 5) is 9.63. The monoisotopic (exact) mass is 476 g/mol. The van der Waals surface area contributed by atoms with Crippen molar-refractivity contribution in [1.29, 1.82) is 0 Å². The number of rotatable bonds is 6. The Balaban J connectivity index is 1.35. The van der Waals surface area contributed by atoms with Gasteiger partial charge >= 0.3 is 0 Å². The predicted octanol–water partition coefficient (Wildman–Crippen LogP) is 8.94. The molecule has 0 radical (unpaired) electrons. The molecule has 0 amide bonds. The first-order chi connectivity index (χ1) is 18.3. The molecule has 0 aliphatic rings. The van der Waals surface area contributed by atoms with Crippen LogP contribution in [0, 0.1) is 0 Å². The van der Waals surface area contributed by atoms with Crippen LogP contribution in [-0.4, -0.2) is 9.97 Å². The van der Waals surface area contributed by atoms with Gasteiger partial charge in [-0.1, -0.05) is 115 Å². The van der Waals surface area contributed by atoms with Crippen molar-refractivity contribution < 1.29 is 4.74 Å². The third-order valence-corrected chi connectivity index (χ3v) is 6.18. The number of benzene rings is 4. The molecule has 2 aromatic heterocycles. The van der Waals surface area contributed by atoms with Gasteiger partial charge in [0.25, 0.3) is 0 Å². The fraction of sp³-hybridized carbons (Fsp3) is 0. The lowest BCUT2D eigenvalue weighted by Crippen LogP contribution is -1.95. The molecule has 0 aliphatic heterocycles. The third kappa shape index (κ3) is 5.16. The van der Waals surface area contributed by atoms with Gasteiger partial charge in [-0.3, -0.25) is 0 Å². The summed E-state index contributed by atoms with van der Waals surface area (Å²) in [5.41, 5.74) is 8.22. The van der Waals surface area contributed by atoms with Crippen LogP contribution in [0.15, 0.2) is 146 Å². The van der Waals surface area contributed by atoms with Crippen LogP contribution in [0.1, 0.15) is 0 Å². The Kier molecular flexibility index (Phi) is 6.25. The Bertz CT molecular complexity index is 1570. The Morgan fingerprint density at radius 1 is 0.324 bits per heavy atom. The molecule has 4 aromatic carbocycles. The van der Waals surface area contributed by atoms with E-state index in [-0.39, 0.29) is 0 Å². The minimum atomic E-state index is 0.499. The number of ether oxygens (including phenoxy) is 1. The standard InChI is InChI=1S/C34H24N2O/c1-4-12-25(13-5-1)28-18-10-19-29(22-28)31-20-11-21-33(35-31)37-34-24-30(26-14-6-2-7-15-26)23-32(36-34)27-16-8-3-9-17-27/h1-24H. The molecule has 6 rings (SSSR count). The summed E-state index contributed by atoms with van der Waals surface area (Å²) < 4.78 is 6.26. The second-order valence-electron chi connectivity index (χ2n) is 8.72. The normalized spacial score (nSPS) is 10.7. The summed E-state index contributed by atoms with van der Waals surface area (Å²) >= 11 is 0. The van der Waals surface area contributed by atoms with Gasteiger partial charge in [-0.05, 0) is 40.5 Å².